The van der Waals surface area contributed by atoms with Crippen molar-refractivity contribution < 1.29 is 4.57 Å². The Bertz CT molecular complexity index is 1030. The highest BCUT2D eigenvalue weighted by molar-refractivity contribution is 5.94. The summed E-state index contributed by atoms with van der Waals surface area (Å²) in [6.45, 7) is 2.15. The predicted octanol–water partition coefficient (Wildman–Crippen LogP) is 4.70. The van der Waals surface area contributed by atoms with Crippen LogP contribution in [-0.2, 0) is 7.05 Å². The fourth-order valence-corrected chi connectivity index (χ4v) is 3.19. The Morgan fingerprint density at radius 1 is 0.875 bits per heavy atom. The molecule has 0 aliphatic rings. The molecule has 0 atom stereocenters. The van der Waals surface area contributed by atoms with Gasteiger partial charge in [-0.05, 0) is 30.0 Å². The number of hydrogen-bond donors (Lipinski definition) is 0. The molecule has 2 aromatic carbocycles. The zero-order valence-electron chi connectivity index (χ0n) is 13.9. The summed E-state index contributed by atoms with van der Waals surface area (Å²) in [6.07, 6.45) is 4.00. The van der Waals surface area contributed by atoms with Crippen LogP contribution < -0.4 is 4.57 Å². The van der Waals surface area contributed by atoms with E-state index >= 15 is 0 Å². The molecule has 0 saturated carbocycles. The Labute approximate surface area is 142 Å². The van der Waals surface area contributed by atoms with Crippen molar-refractivity contribution in [1.29, 1.82) is 0 Å². The molecule has 2 aromatic heterocycles. The van der Waals surface area contributed by atoms with Crippen molar-refractivity contribution in [3.63, 3.8) is 0 Å². The smallest absolute Gasteiger partial charge is 0.213 e. The number of fused-ring (bicyclic) bond motifs is 1. The van der Waals surface area contributed by atoms with Gasteiger partial charge in [0.1, 0.15) is 7.05 Å². The summed E-state index contributed by atoms with van der Waals surface area (Å²) >= 11 is 0. The molecular formula is C22H19N2+. The molecule has 0 saturated heterocycles. The molecule has 0 fully saturated rings. The van der Waals surface area contributed by atoms with Crippen molar-refractivity contribution in [2.75, 3.05) is 0 Å². The second kappa shape index (κ2) is 5.89. The van der Waals surface area contributed by atoms with Crippen molar-refractivity contribution in [2.24, 2.45) is 7.05 Å². The Balaban J connectivity index is 1.94. The number of benzene rings is 2. The summed E-state index contributed by atoms with van der Waals surface area (Å²) in [5.41, 5.74) is 5.89. The Morgan fingerprint density at radius 2 is 1.67 bits per heavy atom. The third kappa shape index (κ3) is 2.46. The molecule has 0 bridgehead atoms. The summed E-state index contributed by atoms with van der Waals surface area (Å²) < 4.78 is 2.16. The lowest BCUT2D eigenvalue weighted by molar-refractivity contribution is -0.660. The van der Waals surface area contributed by atoms with Gasteiger partial charge in [0, 0.05) is 34.8 Å². The van der Waals surface area contributed by atoms with Crippen LogP contribution in [0.1, 0.15) is 5.56 Å². The minimum Gasteiger partial charge on any atom is -0.256 e. The fourth-order valence-electron chi connectivity index (χ4n) is 3.19. The van der Waals surface area contributed by atoms with E-state index in [0.29, 0.717) is 0 Å². The van der Waals surface area contributed by atoms with Crippen LogP contribution in [0.5, 0.6) is 0 Å². The molecule has 2 heteroatoms. The second-order valence-corrected chi connectivity index (χ2v) is 6.11. The van der Waals surface area contributed by atoms with E-state index in [4.69, 9.17) is 0 Å². The third-order valence-corrected chi connectivity index (χ3v) is 4.52. The SMILES string of the molecule is Cc1ccccc1-c1cc(-c2nccc3ccccc23)cc[n+]1C. The highest BCUT2D eigenvalue weighted by Gasteiger charge is 2.15. The lowest BCUT2D eigenvalue weighted by Gasteiger charge is -2.08. The molecule has 0 unspecified atom stereocenters. The van der Waals surface area contributed by atoms with Gasteiger partial charge < -0.3 is 0 Å². The first-order chi connectivity index (χ1) is 11.7. The molecule has 2 heterocycles. The molecule has 0 amide bonds. The minimum absolute atomic E-state index is 1.03. The van der Waals surface area contributed by atoms with E-state index < -0.39 is 0 Å². The Morgan fingerprint density at radius 3 is 2.54 bits per heavy atom. The van der Waals surface area contributed by atoms with Gasteiger partial charge in [-0.2, -0.15) is 0 Å². The standard InChI is InChI=1S/C22H19N2/c1-16-7-3-5-9-19(16)21-15-18(12-14-24(21)2)22-20-10-6-4-8-17(20)11-13-23-22/h3-15H,1-2H3/q+1. The predicted molar refractivity (Wildman–Crippen MR) is 98.5 cm³/mol. The molecule has 0 aliphatic carbocycles. The van der Waals surface area contributed by atoms with E-state index in [9.17, 15) is 0 Å². The maximum Gasteiger partial charge on any atom is 0.213 e. The van der Waals surface area contributed by atoms with Crippen LogP contribution in [-0.4, -0.2) is 4.98 Å². The highest BCUT2D eigenvalue weighted by Crippen LogP contribution is 2.29. The van der Waals surface area contributed by atoms with Crippen LogP contribution in [0, 0.1) is 6.92 Å². The molecule has 2 nitrogen and oxygen atoms in total. The lowest BCUT2D eigenvalue weighted by Crippen LogP contribution is -2.30. The number of nitrogens with zero attached hydrogens (tertiary/aromatic N) is 2. The van der Waals surface area contributed by atoms with Gasteiger partial charge in [-0.1, -0.05) is 42.5 Å². The fraction of sp³-hybridized carbons (Fsp3) is 0.0909. The van der Waals surface area contributed by atoms with E-state index in [1.165, 1.54) is 27.6 Å². The van der Waals surface area contributed by atoms with Crippen LogP contribution in [0.25, 0.3) is 33.3 Å². The second-order valence-electron chi connectivity index (χ2n) is 6.11. The van der Waals surface area contributed by atoms with E-state index in [0.717, 1.165) is 11.3 Å². The van der Waals surface area contributed by atoms with Crippen molar-refractivity contribution >= 4 is 10.8 Å². The lowest BCUT2D eigenvalue weighted by atomic mass is 10.0. The molecule has 0 aliphatic heterocycles. The average molecular weight is 311 g/mol. The summed E-state index contributed by atoms with van der Waals surface area (Å²) in [6, 6.07) is 23.3. The van der Waals surface area contributed by atoms with Crippen molar-refractivity contribution in [3.05, 3.63) is 84.7 Å². The maximum atomic E-state index is 4.65. The zero-order chi connectivity index (χ0) is 16.5. The van der Waals surface area contributed by atoms with Gasteiger partial charge in [0.2, 0.25) is 5.69 Å². The molecule has 4 aromatic rings. The molecule has 116 valence electrons. The first kappa shape index (κ1) is 14.6. The quantitative estimate of drug-likeness (QED) is 0.490. The summed E-state index contributed by atoms with van der Waals surface area (Å²) in [5, 5.41) is 2.40. The van der Waals surface area contributed by atoms with Crippen molar-refractivity contribution in [3.8, 4) is 22.5 Å². The first-order valence-electron chi connectivity index (χ1n) is 8.14. The van der Waals surface area contributed by atoms with Gasteiger partial charge >= 0.3 is 0 Å². The summed E-state index contributed by atoms with van der Waals surface area (Å²) in [7, 11) is 2.09. The monoisotopic (exact) mass is 311 g/mol. The van der Waals surface area contributed by atoms with E-state index in [-0.39, 0.29) is 0 Å². The molecule has 4 rings (SSSR count). The Hall–Kier alpha value is -3.00. The van der Waals surface area contributed by atoms with Gasteiger partial charge in [0.15, 0.2) is 6.20 Å². The number of rotatable bonds is 2. The number of hydrogen-bond acceptors (Lipinski definition) is 1. The van der Waals surface area contributed by atoms with E-state index in [2.05, 4.69) is 96.4 Å². The average Bonchev–Trinajstić information content (AvgIpc) is 2.62. The van der Waals surface area contributed by atoms with Gasteiger partial charge in [0.05, 0.1) is 5.69 Å². The van der Waals surface area contributed by atoms with E-state index in [1.54, 1.807) is 0 Å². The van der Waals surface area contributed by atoms with Crippen molar-refractivity contribution in [1.82, 2.24) is 4.98 Å². The molecule has 24 heavy (non-hydrogen) atoms. The van der Waals surface area contributed by atoms with Gasteiger partial charge in [-0.15, -0.1) is 0 Å². The summed E-state index contributed by atoms with van der Waals surface area (Å²) in [4.78, 5) is 4.65. The largest absolute Gasteiger partial charge is 0.256 e. The topological polar surface area (TPSA) is 16.8 Å². The summed E-state index contributed by atoms with van der Waals surface area (Å²) in [5.74, 6) is 0. The third-order valence-electron chi connectivity index (χ3n) is 4.52. The number of aromatic nitrogens is 2. The Kier molecular flexibility index (Phi) is 3.58. The van der Waals surface area contributed by atoms with Crippen LogP contribution in [0.15, 0.2) is 79.1 Å². The van der Waals surface area contributed by atoms with Gasteiger partial charge in [0.25, 0.3) is 0 Å². The highest BCUT2D eigenvalue weighted by atomic mass is 14.9. The number of pyridine rings is 2. The maximum absolute atomic E-state index is 4.65. The molecule has 0 N–H and O–H groups in total. The molecule has 0 spiro atoms. The van der Waals surface area contributed by atoms with E-state index in [1.807, 2.05) is 6.20 Å². The molecule has 0 radical (unpaired) electrons. The van der Waals surface area contributed by atoms with Gasteiger partial charge in [-0.25, -0.2) is 4.57 Å². The molecular weight excluding hydrogens is 292 g/mol. The van der Waals surface area contributed by atoms with Gasteiger partial charge in [-0.3, -0.25) is 4.98 Å². The number of aryl methyl sites for hydroxylation is 2. The zero-order valence-corrected chi connectivity index (χ0v) is 13.9. The normalized spacial score (nSPS) is 10.9. The van der Waals surface area contributed by atoms with Crippen LogP contribution in [0.4, 0.5) is 0 Å². The van der Waals surface area contributed by atoms with Crippen LogP contribution in [0.3, 0.4) is 0 Å². The minimum atomic E-state index is 1.03. The van der Waals surface area contributed by atoms with Crippen molar-refractivity contribution in [2.45, 2.75) is 6.92 Å². The van der Waals surface area contributed by atoms with Crippen LogP contribution >= 0.6 is 0 Å². The first-order valence-corrected chi connectivity index (χ1v) is 8.14. The van der Waals surface area contributed by atoms with Crippen LogP contribution in [0.2, 0.25) is 0 Å².